The SMILES string of the molecule is CCOC(=O)[C@H](C)N[C@@H](CCCCN[C@H](C)C(=O)OCC)C(=O)OC. The van der Waals surface area contributed by atoms with Gasteiger partial charge in [0, 0.05) is 0 Å². The van der Waals surface area contributed by atoms with E-state index in [0.29, 0.717) is 19.6 Å². The molecular weight excluding hydrogens is 328 g/mol. The van der Waals surface area contributed by atoms with Gasteiger partial charge in [-0.1, -0.05) is 6.42 Å². The number of unbranched alkanes of at least 4 members (excludes halogenated alkanes) is 1. The van der Waals surface area contributed by atoms with E-state index in [1.807, 2.05) is 0 Å². The number of nitrogens with one attached hydrogen (secondary N) is 2. The number of hydrogen-bond acceptors (Lipinski definition) is 8. The van der Waals surface area contributed by atoms with Gasteiger partial charge in [-0.15, -0.1) is 0 Å². The first-order chi connectivity index (χ1) is 11.9. The maximum absolute atomic E-state index is 11.8. The summed E-state index contributed by atoms with van der Waals surface area (Å²) in [6.07, 6.45) is 2.02. The highest BCUT2D eigenvalue weighted by Crippen LogP contribution is 2.05. The van der Waals surface area contributed by atoms with Crippen LogP contribution in [0.1, 0.15) is 47.0 Å². The normalized spacial score (nSPS) is 14.3. The summed E-state index contributed by atoms with van der Waals surface area (Å²) in [5, 5.41) is 6.02. The summed E-state index contributed by atoms with van der Waals surface area (Å²) < 4.78 is 14.6. The van der Waals surface area contributed by atoms with Crippen LogP contribution in [0.3, 0.4) is 0 Å². The quantitative estimate of drug-likeness (QED) is 0.282. The number of hydrogen-bond donors (Lipinski definition) is 2. The topological polar surface area (TPSA) is 103 Å². The van der Waals surface area contributed by atoms with Crippen molar-refractivity contribution in [1.29, 1.82) is 0 Å². The Kier molecular flexibility index (Phi) is 12.7. The Hall–Kier alpha value is -1.67. The number of methoxy groups -OCH3 is 1. The molecule has 0 saturated carbocycles. The fraction of sp³-hybridized carbons (Fsp3) is 0.824. The highest BCUT2D eigenvalue weighted by Gasteiger charge is 2.24. The summed E-state index contributed by atoms with van der Waals surface area (Å²) in [4.78, 5) is 35.0. The van der Waals surface area contributed by atoms with Crippen molar-refractivity contribution in [3.8, 4) is 0 Å². The first-order valence-electron chi connectivity index (χ1n) is 8.77. The molecule has 0 rings (SSSR count). The van der Waals surface area contributed by atoms with Crippen LogP contribution in [0.25, 0.3) is 0 Å². The summed E-state index contributed by atoms with van der Waals surface area (Å²) in [6, 6.07) is -1.53. The molecule has 25 heavy (non-hydrogen) atoms. The summed E-state index contributed by atoms with van der Waals surface area (Å²) in [6.45, 7) is 8.16. The summed E-state index contributed by atoms with van der Waals surface area (Å²) >= 11 is 0. The maximum Gasteiger partial charge on any atom is 0.322 e. The Balaban J connectivity index is 4.22. The molecule has 0 aromatic heterocycles. The molecular formula is C17H32N2O6. The van der Waals surface area contributed by atoms with Crippen molar-refractivity contribution < 1.29 is 28.6 Å². The van der Waals surface area contributed by atoms with Crippen LogP contribution in [-0.4, -0.2) is 62.9 Å². The minimum absolute atomic E-state index is 0.278. The summed E-state index contributed by atoms with van der Waals surface area (Å²) in [5.74, 6) is -1.09. The van der Waals surface area contributed by atoms with E-state index >= 15 is 0 Å². The third kappa shape index (κ3) is 10.0. The van der Waals surface area contributed by atoms with Crippen LogP contribution >= 0.6 is 0 Å². The number of carbonyl (C=O) groups is 3. The Morgan fingerprint density at radius 2 is 1.44 bits per heavy atom. The van der Waals surface area contributed by atoms with Crippen LogP contribution in [0.15, 0.2) is 0 Å². The molecule has 0 amide bonds. The highest BCUT2D eigenvalue weighted by atomic mass is 16.5. The average molecular weight is 360 g/mol. The predicted octanol–water partition coefficient (Wildman–Crippen LogP) is 0.781. The zero-order chi connectivity index (χ0) is 19.2. The second-order valence-electron chi connectivity index (χ2n) is 5.64. The van der Waals surface area contributed by atoms with E-state index in [1.54, 1.807) is 27.7 Å². The van der Waals surface area contributed by atoms with Gasteiger partial charge in [0.2, 0.25) is 0 Å². The molecule has 0 aliphatic rings. The van der Waals surface area contributed by atoms with Crippen LogP contribution in [0.5, 0.6) is 0 Å². The van der Waals surface area contributed by atoms with Gasteiger partial charge in [-0.3, -0.25) is 19.7 Å². The second-order valence-corrected chi connectivity index (χ2v) is 5.64. The van der Waals surface area contributed by atoms with Crippen LogP contribution in [0.4, 0.5) is 0 Å². The lowest BCUT2D eigenvalue weighted by Crippen LogP contribution is -2.46. The Labute approximate surface area is 150 Å². The van der Waals surface area contributed by atoms with Crippen LogP contribution in [0, 0.1) is 0 Å². The number of carbonyl (C=O) groups excluding carboxylic acids is 3. The monoisotopic (exact) mass is 360 g/mol. The molecule has 0 saturated heterocycles. The van der Waals surface area contributed by atoms with E-state index in [1.165, 1.54) is 7.11 Å². The van der Waals surface area contributed by atoms with Gasteiger partial charge in [0.15, 0.2) is 0 Å². The van der Waals surface area contributed by atoms with Gasteiger partial charge < -0.3 is 19.5 Å². The zero-order valence-electron chi connectivity index (χ0n) is 15.9. The van der Waals surface area contributed by atoms with E-state index in [4.69, 9.17) is 14.2 Å². The molecule has 8 heteroatoms. The molecule has 3 atom stereocenters. The fourth-order valence-electron chi connectivity index (χ4n) is 2.19. The van der Waals surface area contributed by atoms with E-state index < -0.39 is 24.0 Å². The molecule has 146 valence electrons. The minimum Gasteiger partial charge on any atom is -0.468 e. The average Bonchev–Trinajstić information content (AvgIpc) is 2.59. The lowest BCUT2D eigenvalue weighted by atomic mass is 10.1. The molecule has 0 radical (unpaired) electrons. The molecule has 0 aromatic carbocycles. The highest BCUT2D eigenvalue weighted by molar-refractivity contribution is 5.79. The number of ether oxygens (including phenoxy) is 3. The Bertz CT molecular complexity index is 416. The van der Waals surface area contributed by atoms with E-state index in [-0.39, 0.29) is 18.6 Å². The van der Waals surface area contributed by atoms with Gasteiger partial charge in [0.05, 0.1) is 20.3 Å². The third-order valence-corrected chi connectivity index (χ3v) is 3.59. The van der Waals surface area contributed by atoms with Crippen molar-refractivity contribution in [2.75, 3.05) is 26.9 Å². The fourth-order valence-corrected chi connectivity index (χ4v) is 2.19. The van der Waals surface area contributed by atoms with Gasteiger partial charge >= 0.3 is 17.9 Å². The molecule has 0 aliphatic carbocycles. The lowest BCUT2D eigenvalue weighted by Gasteiger charge is -2.20. The van der Waals surface area contributed by atoms with Crippen molar-refractivity contribution >= 4 is 17.9 Å². The first kappa shape index (κ1) is 23.3. The predicted molar refractivity (Wildman–Crippen MR) is 93.0 cm³/mol. The van der Waals surface area contributed by atoms with Crippen LogP contribution in [-0.2, 0) is 28.6 Å². The minimum atomic E-state index is -0.592. The largest absolute Gasteiger partial charge is 0.468 e. The third-order valence-electron chi connectivity index (χ3n) is 3.59. The molecule has 0 fully saturated rings. The molecule has 0 bridgehead atoms. The second kappa shape index (κ2) is 13.6. The lowest BCUT2D eigenvalue weighted by molar-refractivity contribution is -0.148. The van der Waals surface area contributed by atoms with Crippen molar-refractivity contribution in [3.63, 3.8) is 0 Å². The van der Waals surface area contributed by atoms with Crippen LogP contribution < -0.4 is 10.6 Å². The molecule has 2 N–H and O–H groups in total. The van der Waals surface area contributed by atoms with Crippen molar-refractivity contribution in [2.45, 2.75) is 65.1 Å². The van der Waals surface area contributed by atoms with Gasteiger partial charge in [-0.05, 0) is 47.1 Å². The molecule has 0 aromatic rings. The molecule has 0 unspecified atom stereocenters. The number of esters is 3. The van der Waals surface area contributed by atoms with Crippen molar-refractivity contribution in [1.82, 2.24) is 10.6 Å². The van der Waals surface area contributed by atoms with Crippen molar-refractivity contribution in [2.24, 2.45) is 0 Å². The van der Waals surface area contributed by atoms with Gasteiger partial charge in [-0.25, -0.2) is 0 Å². The smallest absolute Gasteiger partial charge is 0.322 e. The number of rotatable bonds is 13. The van der Waals surface area contributed by atoms with Gasteiger partial charge in [0.25, 0.3) is 0 Å². The summed E-state index contributed by atoms with van der Waals surface area (Å²) in [7, 11) is 1.31. The summed E-state index contributed by atoms with van der Waals surface area (Å²) in [5.41, 5.74) is 0. The molecule has 0 aliphatic heterocycles. The van der Waals surface area contributed by atoms with Crippen molar-refractivity contribution in [3.05, 3.63) is 0 Å². The van der Waals surface area contributed by atoms with Crippen LogP contribution in [0.2, 0.25) is 0 Å². The Morgan fingerprint density at radius 3 is 1.96 bits per heavy atom. The molecule has 8 nitrogen and oxygen atoms in total. The molecule has 0 spiro atoms. The Morgan fingerprint density at radius 1 is 0.880 bits per heavy atom. The van der Waals surface area contributed by atoms with E-state index in [0.717, 1.165) is 12.8 Å². The van der Waals surface area contributed by atoms with Gasteiger partial charge in [-0.2, -0.15) is 0 Å². The zero-order valence-corrected chi connectivity index (χ0v) is 15.9. The van der Waals surface area contributed by atoms with Gasteiger partial charge in [0.1, 0.15) is 18.1 Å². The first-order valence-corrected chi connectivity index (χ1v) is 8.77. The maximum atomic E-state index is 11.8. The standard InChI is InChI=1S/C17H32N2O6/c1-6-24-15(20)12(3)18-11-9-8-10-14(17(22)23-5)19-13(4)16(21)25-7-2/h12-14,18-19H,6-11H2,1-5H3/t12-,13+,14+/m1/s1. The van der Waals surface area contributed by atoms with E-state index in [2.05, 4.69) is 10.6 Å². The molecule has 0 heterocycles. The van der Waals surface area contributed by atoms with E-state index in [9.17, 15) is 14.4 Å².